The van der Waals surface area contributed by atoms with Crippen molar-refractivity contribution in [1.29, 1.82) is 0 Å². The van der Waals surface area contributed by atoms with E-state index in [1.54, 1.807) is 0 Å². The van der Waals surface area contributed by atoms with Crippen LogP contribution < -0.4 is 16.0 Å². The van der Waals surface area contributed by atoms with Gasteiger partial charge in [0.05, 0.1) is 13.2 Å². The number of primary amides is 1. The highest BCUT2D eigenvalue weighted by Gasteiger charge is 2.42. The summed E-state index contributed by atoms with van der Waals surface area (Å²) < 4.78 is 5.91. The van der Waals surface area contributed by atoms with Crippen LogP contribution in [0.5, 0.6) is 0 Å². The van der Waals surface area contributed by atoms with Gasteiger partial charge in [-0.25, -0.2) is 0 Å². The van der Waals surface area contributed by atoms with Gasteiger partial charge in [0.15, 0.2) is 0 Å². The number of amides is 1. The first-order chi connectivity index (χ1) is 13.1. The Bertz CT molecular complexity index is 924. The number of carbonyl (C=O) groups is 1. The smallest absolute Gasteiger partial charge is 0.249 e. The number of anilines is 1. The van der Waals surface area contributed by atoms with Gasteiger partial charge < -0.3 is 20.7 Å². The van der Waals surface area contributed by atoms with E-state index in [0.717, 1.165) is 49.4 Å². The number of hydrogen-bond donors (Lipinski definition) is 2. The molecule has 0 saturated carbocycles. The topological polar surface area (TPSA) is 67.6 Å². The van der Waals surface area contributed by atoms with Crippen molar-refractivity contribution in [2.24, 2.45) is 5.73 Å². The van der Waals surface area contributed by atoms with E-state index in [2.05, 4.69) is 22.3 Å². The van der Waals surface area contributed by atoms with E-state index in [-0.39, 0.29) is 5.91 Å². The number of fused-ring (bicyclic) bond motifs is 3. The zero-order valence-electron chi connectivity index (χ0n) is 15.6. The van der Waals surface area contributed by atoms with E-state index in [1.165, 1.54) is 16.8 Å². The second kappa shape index (κ2) is 6.36. The number of nitrogens with one attached hydrogen (secondary N) is 1. The van der Waals surface area contributed by atoms with Gasteiger partial charge in [0, 0.05) is 41.9 Å². The minimum Gasteiger partial charge on any atom is -0.375 e. The first-order valence-corrected chi connectivity index (χ1v) is 9.77. The van der Waals surface area contributed by atoms with Crippen molar-refractivity contribution in [2.45, 2.75) is 31.9 Å². The second-order valence-electron chi connectivity index (χ2n) is 7.85. The Morgan fingerprint density at radius 3 is 3.07 bits per heavy atom. The first-order valence-electron chi connectivity index (χ1n) is 9.77. The molecular formula is C22H25N3O2. The summed E-state index contributed by atoms with van der Waals surface area (Å²) in [5.74, 6) is 0.113. The zero-order valence-corrected chi connectivity index (χ0v) is 15.6. The number of nitrogens with two attached hydrogens (primary N) is 1. The van der Waals surface area contributed by atoms with Gasteiger partial charge in [-0.3, -0.25) is 4.79 Å². The second-order valence-corrected chi connectivity index (χ2v) is 7.85. The molecule has 140 valence electrons. The van der Waals surface area contributed by atoms with E-state index < -0.39 is 0 Å². The van der Waals surface area contributed by atoms with Crippen molar-refractivity contribution in [3.05, 3.63) is 52.6 Å². The van der Waals surface area contributed by atoms with Crippen LogP contribution in [-0.2, 0) is 11.3 Å². The third kappa shape index (κ3) is 2.57. The van der Waals surface area contributed by atoms with Crippen molar-refractivity contribution in [3.63, 3.8) is 0 Å². The van der Waals surface area contributed by atoms with Gasteiger partial charge in [0.2, 0.25) is 5.91 Å². The number of nitrogens with zero attached hydrogens (tertiary/aromatic N) is 1. The lowest BCUT2D eigenvalue weighted by Crippen LogP contribution is -2.44. The van der Waals surface area contributed by atoms with Gasteiger partial charge in [-0.15, -0.1) is 0 Å². The minimum atomic E-state index is -0.379. The molecule has 0 radical (unpaired) electrons. The summed E-state index contributed by atoms with van der Waals surface area (Å²) in [4.78, 5) is 14.6. The van der Waals surface area contributed by atoms with E-state index in [4.69, 9.17) is 10.5 Å². The van der Waals surface area contributed by atoms with Crippen molar-refractivity contribution in [2.75, 3.05) is 31.1 Å². The fraction of sp³-hybridized carbons (Fsp3) is 0.409. The minimum absolute atomic E-state index is 0.379. The third-order valence-electron chi connectivity index (χ3n) is 6.31. The van der Waals surface area contributed by atoms with Gasteiger partial charge in [-0.2, -0.15) is 0 Å². The molecule has 0 aliphatic carbocycles. The Kier molecular flexibility index (Phi) is 3.95. The zero-order chi connectivity index (χ0) is 18.5. The molecule has 3 aliphatic heterocycles. The fourth-order valence-electron chi connectivity index (χ4n) is 5.19. The lowest BCUT2D eigenvalue weighted by atomic mass is 9.86. The molecule has 1 fully saturated rings. The molecule has 27 heavy (non-hydrogen) atoms. The molecular weight excluding hydrogens is 338 g/mol. The van der Waals surface area contributed by atoms with Gasteiger partial charge in [0.1, 0.15) is 0 Å². The van der Waals surface area contributed by atoms with E-state index in [0.29, 0.717) is 24.1 Å². The maximum absolute atomic E-state index is 12.1. The monoisotopic (exact) mass is 363 g/mol. The van der Waals surface area contributed by atoms with Crippen molar-refractivity contribution in [3.8, 4) is 11.1 Å². The highest BCUT2D eigenvalue weighted by molar-refractivity contribution is 6.01. The molecule has 5 heteroatoms. The molecule has 2 aromatic rings. The van der Waals surface area contributed by atoms with Crippen LogP contribution in [0.15, 0.2) is 30.3 Å². The van der Waals surface area contributed by atoms with Crippen LogP contribution in [0.25, 0.3) is 11.1 Å². The lowest BCUT2D eigenvalue weighted by Gasteiger charge is -2.33. The SMILES string of the molecule is Cc1cccc(C(N)=O)c1-c1cc2c3c(c1)[C@@H]1CNCC[C@@H]1N3CCOC2. The van der Waals surface area contributed by atoms with E-state index in [1.807, 2.05) is 25.1 Å². The quantitative estimate of drug-likeness (QED) is 0.861. The maximum Gasteiger partial charge on any atom is 0.249 e. The highest BCUT2D eigenvalue weighted by Crippen LogP contribution is 2.48. The highest BCUT2D eigenvalue weighted by atomic mass is 16.5. The number of ether oxygens (including phenoxy) is 1. The largest absolute Gasteiger partial charge is 0.375 e. The van der Waals surface area contributed by atoms with Crippen LogP contribution in [0, 0.1) is 6.92 Å². The summed E-state index contributed by atoms with van der Waals surface area (Å²) in [7, 11) is 0. The molecule has 2 aromatic carbocycles. The molecule has 0 aromatic heterocycles. The summed E-state index contributed by atoms with van der Waals surface area (Å²) >= 11 is 0. The standard InChI is InChI=1S/C22H25N3O2/c1-13-3-2-4-16(22(23)26)20(13)14-9-15-12-27-8-7-25-19-5-6-24-11-18(19)17(10-14)21(15)25/h2-4,9-10,18-19,24H,5-8,11-12H2,1H3,(H2,23,26)/t18-,19-/m0/s1. The summed E-state index contributed by atoms with van der Waals surface area (Å²) in [5, 5.41) is 3.57. The van der Waals surface area contributed by atoms with E-state index in [9.17, 15) is 4.79 Å². The molecule has 0 unspecified atom stereocenters. The molecule has 1 saturated heterocycles. The van der Waals surface area contributed by atoms with Crippen LogP contribution >= 0.6 is 0 Å². The predicted octanol–water partition coefficient (Wildman–Crippen LogP) is 2.56. The van der Waals surface area contributed by atoms with Crippen molar-refractivity contribution < 1.29 is 9.53 Å². The molecule has 3 aliphatic rings. The summed E-state index contributed by atoms with van der Waals surface area (Å²) in [6.45, 7) is 6.46. The third-order valence-corrected chi connectivity index (χ3v) is 6.31. The van der Waals surface area contributed by atoms with E-state index >= 15 is 0 Å². The molecule has 3 N–H and O–H groups in total. The van der Waals surface area contributed by atoms with Crippen LogP contribution in [0.1, 0.15) is 39.4 Å². The number of carbonyl (C=O) groups excluding carboxylic acids is 1. The summed E-state index contributed by atoms with van der Waals surface area (Å²) in [5.41, 5.74) is 13.4. The molecule has 5 rings (SSSR count). The van der Waals surface area contributed by atoms with Crippen LogP contribution in [0.3, 0.4) is 0 Å². The normalized spacial score (nSPS) is 23.5. The van der Waals surface area contributed by atoms with Crippen LogP contribution in [0.4, 0.5) is 5.69 Å². The Morgan fingerprint density at radius 1 is 1.33 bits per heavy atom. The molecule has 5 nitrogen and oxygen atoms in total. The molecule has 1 amide bonds. The maximum atomic E-state index is 12.1. The summed E-state index contributed by atoms with van der Waals surface area (Å²) in [6.07, 6.45) is 1.16. The Hall–Kier alpha value is -2.37. The Balaban J connectivity index is 1.73. The average Bonchev–Trinajstić information content (AvgIpc) is 2.83. The summed E-state index contributed by atoms with van der Waals surface area (Å²) in [6, 6.07) is 10.8. The van der Waals surface area contributed by atoms with Gasteiger partial charge >= 0.3 is 0 Å². The van der Waals surface area contributed by atoms with Crippen molar-refractivity contribution in [1.82, 2.24) is 5.32 Å². The Labute approximate surface area is 159 Å². The number of hydrogen-bond acceptors (Lipinski definition) is 4. The van der Waals surface area contributed by atoms with Gasteiger partial charge in [-0.1, -0.05) is 12.1 Å². The first kappa shape index (κ1) is 16.8. The van der Waals surface area contributed by atoms with Gasteiger partial charge in [0.25, 0.3) is 0 Å². The van der Waals surface area contributed by atoms with Gasteiger partial charge in [-0.05, 0) is 60.3 Å². The number of rotatable bonds is 2. The average molecular weight is 363 g/mol. The predicted molar refractivity (Wildman–Crippen MR) is 106 cm³/mol. The molecule has 2 atom stereocenters. The van der Waals surface area contributed by atoms with Crippen molar-refractivity contribution >= 4 is 11.6 Å². The molecule has 3 heterocycles. The van der Waals surface area contributed by atoms with Crippen LogP contribution in [0.2, 0.25) is 0 Å². The Morgan fingerprint density at radius 2 is 2.22 bits per heavy atom. The number of aryl methyl sites for hydroxylation is 1. The van der Waals surface area contributed by atoms with Crippen LogP contribution in [-0.4, -0.2) is 38.2 Å². The fourth-order valence-corrected chi connectivity index (χ4v) is 5.19. The molecule has 0 bridgehead atoms. The lowest BCUT2D eigenvalue weighted by molar-refractivity contribution is 0.100. The number of piperidine rings is 1. The molecule has 0 spiro atoms. The number of benzene rings is 2.